The number of benzene rings is 1. The molecule has 98 valence electrons. The van der Waals surface area contributed by atoms with Gasteiger partial charge in [0.05, 0.1) is 13.3 Å². The first-order valence-corrected chi connectivity index (χ1v) is 5.71. The van der Waals surface area contributed by atoms with Gasteiger partial charge < -0.3 is 10.5 Å². The number of aromatic nitrogens is 2. The Bertz CT molecular complexity index is 560. The number of rotatable bonds is 4. The van der Waals surface area contributed by atoms with Gasteiger partial charge >= 0.3 is 0 Å². The van der Waals surface area contributed by atoms with Crippen LogP contribution < -0.4 is 15.9 Å². The zero-order valence-electron chi connectivity index (χ0n) is 10.8. The van der Waals surface area contributed by atoms with E-state index in [1.165, 1.54) is 0 Å². The maximum atomic E-state index is 5.55. The molecule has 0 saturated carbocycles. The fourth-order valence-electron chi connectivity index (χ4n) is 1.51. The summed E-state index contributed by atoms with van der Waals surface area (Å²) in [5.74, 6) is 1.60. The molecule has 0 aliphatic heterocycles. The van der Waals surface area contributed by atoms with Crippen molar-refractivity contribution in [1.29, 1.82) is 0 Å². The van der Waals surface area contributed by atoms with Gasteiger partial charge in [0.15, 0.2) is 5.82 Å². The van der Waals surface area contributed by atoms with E-state index in [4.69, 9.17) is 10.5 Å². The van der Waals surface area contributed by atoms with Gasteiger partial charge in [0, 0.05) is 11.8 Å². The number of hydrazone groups is 1. The van der Waals surface area contributed by atoms with E-state index in [0.717, 1.165) is 17.0 Å². The van der Waals surface area contributed by atoms with Crippen molar-refractivity contribution in [2.45, 2.75) is 6.92 Å². The molecule has 6 nitrogen and oxygen atoms in total. The summed E-state index contributed by atoms with van der Waals surface area (Å²) in [6.45, 7) is 1.84. The maximum absolute atomic E-state index is 5.55. The molecule has 0 aliphatic rings. The highest BCUT2D eigenvalue weighted by atomic mass is 16.5. The van der Waals surface area contributed by atoms with Gasteiger partial charge in [0.1, 0.15) is 5.75 Å². The first-order chi connectivity index (χ1) is 9.17. The minimum absolute atomic E-state index is 0.224. The first kappa shape index (κ1) is 12.8. The predicted molar refractivity (Wildman–Crippen MR) is 75.4 cm³/mol. The number of nitrogens with zero attached hydrogens (tertiary/aromatic N) is 3. The fraction of sp³-hybridized carbons (Fsp3) is 0.154. The molecule has 0 unspecified atom stereocenters. The lowest BCUT2D eigenvalue weighted by Gasteiger charge is -2.02. The van der Waals surface area contributed by atoms with E-state index in [2.05, 4.69) is 20.5 Å². The van der Waals surface area contributed by atoms with Gasteiger partial charge in [-0.1, -0.05) is 0 Å². The molecule has 2 rings (SSSR count). The average molecular weight is 257 g/mol. The molecule has 19 heavy (non-hydrogen) atoms. The molecule has 3 N–H and O–H groups in total. The van der Waals surface area contributed by atoms with E-state index in [9.17, 15) is 0 Å². The van der Waals surface area contributed by atoms with Gasteiger partial charge in [-0.2, -0.15) is 10.1 Å². The van der Waals surface area contributed by atoms with E-state index in [1.54, 1.807) is 19.4 Å². The summed E-state index contributed by atoms with van der Waals surface area (Å²) in [7, 11) is 1.63. The Morgan fingerprint density at radius 3 is 2.63 bits per heavy atom. The molecule has 0 radical (unpaired) electrons. The normalized spacial score (nSPS) is 10.6. The van der Waals surface area contributed by atoms with Crippen LogP contribution in [0.2, 0.25) is 0 Å². The molecule has 0 amide bonds. The van der Waals surface area contributed by atoms with Gasteiger partial charge in [-0.25, -0.2) is 4.98 Å². The molecule has 1 heterocycles. The van der Waals surface area contributed by atoms with Crippen LogP contribution in [0.4, 0.5) is 11.8 Å². The molecule has 0 bridgehead atoms. The molecule has 0 saturated heterocycles. The Balaban J connectivity index is 2.02. The van der Waals surface area contributed by atoms with Crippen LogP contribution in [0.1, 0.15) is 11.3 Å². The van der Waals surface area contributed by atoms with E-state index in [0.29, 0.717) is 5.82 Å². The Morgan fingerprint density at radius 2 is 2.00 bits per heavy atom. The monoisotopic (exact) mass is 257 g/mol. The van der Waals surface area contributed by atoms with E-state index < -0.39 is 0 Å². The highest BCUT2D eigenvalue weighted by Gasteiger charge is 1.97. The number of hydrogen-bond donors (Lipinski definition) is 2. The van der Waals surface area contributed by atoms with Crippen molar-refractivity contribution >= 4 is 18.0 Å². The largest absolute Gasteiger partial charge is 0.497 e. The minimum atomic E-state index is 0.224. The maximum Gasteiger partial charge on any atom is 0.222 e. The second kappa shape index (κ2) is 5.81. The summed E-state index contributed by atoms with van der Waals surface area (Å²) < 4.78 is 5.08. The first-order valence-electron chi connectivity index (χ1n) is 5.71. The number of anilines is 2. The summed E-state index contributed by atoms with van der Waals surface area (Å²) >= 11 is 0. The molecule has 2 aromatic rings. The SMILES string of the molecule is COc1ccc(/C=N/Nc2cc(C)nc(N)n2)cc1. The number of nitrogens with one attached hydrogen (secondary N) is 1. The molecule has 0 aliphatic carbocycles. The van der Waals surface area contributed by atoms with Crippen molar-refractivity contribution in [2.75, 3.05) is 18.3 Å². The second-order valence-corrected chi connectivity index (χ2v) is 3.90. The number of nitrogens with two attached hydrogens (primary N) is 1. The zero-order valence-corrected chi connectivity index (χ0v) is 10.8. The van der Waals surface area contributed by atoms with Crippen molar-refractivity contribution in [1.82, 2.24) is 9.97 Å². The summed E-state index contributed by atoms with van der Waals surface area (Å²) in [6.07, 6.45) is 1.69. The average Bonchev–Trinajstić information content (AvgIpc) is 2.38. The smallest absolute Gasteiger partial charge is 0.222 e. The molecule has 0 spiro atoms. The van der Waals surface area contributed by atoms with Gasteiger partial charge in [0.2, 0.25) is 5.95 Å². The zero-order chi connectivity index (χ0) is 13.7. The summed E-state index contributed by atoms with van der Waals surface area (Å²) in [5.41, 5.74) is 10.1. The van der Waals surface area contributed by atoms with Crippen molar-refractivity contribution in [3.8, 4) is 5.75 Å². The van der Waals surface area contributed by atoms with Crippen LogP contribution in [0.15, 0.2) is 35.4 Å². The molecular formula is C13H15N5O. The molecule has 6 heteroatoms. The van der Waals surface area contributed by atoms with Crippen molar-refractivity contribution in [3.05, 3.63) is 41.6 Å². The number of methoxy groups -OCH3 is 1. The van der Waals surface area contributed by atoms with E-state index in [-0.39, 0.29) is 5.95 Å². The van der Waals surface area contributed by atoms with Gasteiger partial charge in [0.25, 0.3) is 0 Å². The lowest BCUT2D eigenvalue weighted by atomic mass is 10.2. The Kier molecular flexibility index (Phi) is 3.92. The van der Waals surface area contributed by atoms with Gasteiger partial charge in [-0.05, 0) is 36.8 Å². The van der Waals surface area contributed by atoms with Crippen molar-refractivity contribution in [2.24, 2.45) is 5.10 Å². The van der Waals surface area contributed by atoms with Crippen LogP contribution in [-0.4, -0.2) is 23.3 Å². The third-order valence-electron chi connectivity index (χ3n) is 2.38. The van der Waals surface area contributed by atoms with E-state index >= 15 is 0 Å². The van der Waals surface area contributed by atoms with Crippen molar-refractivity contribution in [3.63, 3.8) is 0 Å². The molecular weight excluding hydrogens is 242 g/mol. The van der Waals surface area contributed by atoms with Crippen LogP contribution in [0.5, 0.6) is 5.75 Å². The molecule has 0 fully saturated rings. The molecule has 1 aromatic carbocycles. The third kappa shape index (κ3) is 3.67. The standard InChI is InChI=1S/C13H15N5O/c1-9-7-12(17-13(14)16-9)18-15-8-10-3-5-11(19-2)6-4-10/h3-8H,1-2H3,(H3,14,16,17,18)/b15-8+. The fourth-order valence-corrected chi connectivity index (χ4v) is 1.51. The Morgan fingerprint density at radius 1 is 1.26 bits per heavy atom. The number of ether oxygens (including phenoxy) is 1. The predicted octanol–water partition coefficient (Wildman–Crippen LogP) is 1.82. The van der Waals surface area contributed by atoms with Gasteiger partial charge in [-0.15, -0.1) is 0 Å². The van der Waals surface area contributed by atoms with Crippen LogP contribution in [0.3, 0.4) is 0 Å². The summed E-state index contributed by atoms with van der Waals surface area (Å²) in [6, 6.07) is 9.32. The third-order valence-corrected chi connectivity index (χ3v) is 2.38. The lowest BCUT2D eigenvalue weighted by Crippen LogP contribution is -2.01. The van der Waals surface area contributed by atoms with Crippen molar-refractivity contribution < 1.29 is 4.74 Å². The summed E-state index contributed by atoms with van der Waals surface area (Å²) in [5, 5.41) is 4.09. The number of aryl methyl sites for hydroxylation is 1. The topological polar surface area (TPSA) is 85.4 Å². The number of nitrogen functional groups attached to an aromatic ring is 1. The minimum Gasteiger partial charge on any atom is -0.497 e. The van der Waals surface area contributed by atoms with Gasteiger partial charge in [-0.3, -0.25) is 5.43 Å². The molecule has 0 atom stereocenters. The highest BCUT2D eigenvalue weighted by molar-refractivity contribution is 5.80. The quantitative estimate of drug-likeness (QED) is 0.644. The highest BCUT2D eigenvalue weighted by Crippen LogP contribution is 2.10. The number of hydrogen-bond acceptors (Lipinski definition) is 6. The van der Waals surface area contributed by atoms with Crippen LogP contribution >= 0.6 is 0 Å². The Labute approximate surface area is 111 Å². The lowest BCUT2D eigenvalue weighted by molar-refractivity contribution is 0.415. The molecule has 1 aromatic heterocycles. The van der Waals surface area contributed by atoms with Crippen LogP contribution in [-0.2, 0) is 0 Å². The van der Waals surface area contributed by atoms with Crippen LogP contribution in [0.25, 0.3) is 0 Å². The Hall–Kier alpha value is -2.63. The van der Waals surface area contributed by atoms with Crippen LogP contribution in [0, 0.1) is 6.92 Å². The second-order valence-electron chi connectivity index (χ2n) is 3.90. The summed E-state index contributed by atoms with van der Waals surface area (Å²) in [4.78, 5) is 7.99. The van der Waals surface area contributed by atoms with E-state index in [1.807, 2.05) is 31.2 Å².